The molecule has 9 heteroatoms. The summed E-state index contributed by atoms with van der Waals surface area (Å²) in [5.41, 5.74) is -0.546. The Hall–Kier alpha value is -2.87. The number of benzene rings is 1. The lowest BCUT2D eigenvalue weighted by atomic mass is 10.2. The quantitative estimate of drug-likeness (QED) is 0.779. The van der Waals surface area contributed by atoms with Crippen molar-refractivity contribution in [1.82, 2.24) is 9.88 Å². The number of hydrogen-bond donors (Lipinski definition) is 1. The van der Waals surface area contributed by atoms with Crippen LogP contribution in [0.1, 0.15) is 11.3 Å². The molecule has 1 aromatic heterocycles. The summed E-state index contributed by atoms with van der Waals surface area (Å²) in [5.74, 6) is -1.10. The van der Waals surface area contributed by atoms with E-state index >= 15 is 0 Å². The normalized spacial score (nSPS) is 11.4. The number of halogens is 4. The molecule has 0 aliphatic rings. The molecule has 142 valence electrons. The van der Waals surface area contributed by atoms with Crippen molar-refractivity contribution in [3.05, 3.63) is 65.0 Å². The molecular weight excluding hydrogens is 383 g/mol. The molecular formula is C18H15ClF3N3O2. The van der Waals surface area contributed by atoms with E-state index in [0.29, 0.717) is 5.69 Å². The van der Waals surface area contributed by atoms with E-state index in [9.17, 15) is 22.8 Å². The number of hydrogen-bond acceptors (Lipinski definition) is 3. The summed E-state index contributed by atoms with van der Waals surface area (Å²) in [7, 11) is 1.40. The Morgan fingerprint density at radius 2 is 2.00 bits per heavy atom. The fourth-order valence-corrected chi connectivity index (χ4v) is 2.30. The molecule has 5 nitrogen and oxygen atoms in total. The molecule has 0 aliphatic carbocycles. The van der Waals surface area contributed by atoms with Gasteiger partial charge in [0.1, 0.15) is 0 Å². The number of nitrogens with one attached hydrogen (secondary N) is 1. The van der Waals surface area contributed by atoms with Gasteiger partial charge in [-0.05, 0) is 36.4 Å². The van der Waals surface area contributed by atoms with Gasteiger partial charge in [0.15, 0.2) is 0 Å². The van der Waals surface area contributed by atoms with E-state index < -0.39 is 28.6 Å². The Kier molecular flexibility index (Phi) is 6.57. The van der Waals surface area contributed by atoms with Crippen LogP contribution < -0.4 is 5.32 Å². The average molecular weight is 398 g/mol. The minimum atomic E-state index is -4.64. The van der Waals surface area contributed by atoms with Gasteiger partial charge in [0.25, 0.3) is 0 Å². The molecule has 0 saturated heterocycles. The van der Waals surface area contributed by atoms with Crippen LogP contribution >= 0.6 is 11.6 Å². The van der Waals surface area contributed by atoms with Gasteiger partial charge in [-0.1, -0.05) is 17.7 Å². The second kappa shape index (κ2) is 8.68. The third-order valence-electron chi connectivity index (χ3n) is 3.40. The molecule has 27 heavy (non-hydrogen) atoms. The lowest BCUT2D eigenvalue weighted by Gasteiger charge is -2.16. The topological polar surface area (TPSA) is 62.3 Å². The highest BCUT2D eigenvalue weighted by molar-refractivity contribution is 6.31. The fourth-order valence-electron chi connectivity index (χ4n) is 2.07. The van der Waals surface area contributed by atoms with Gasteiger partial charge < -0.3 is 10.2 Å². The number of alkyl halides is 3. The Labute approximate surface area is 158 Å². The smallest absolute Gasteiger partial charge is 0.333 e. The van der Waals surface area contributed by atoms with E-state index in [4.69, 9.17) is 11.6 Å². The Bertz CT molecular complexity index is 855. The molecule has 0 fully saturated rings. The first-order valence-corrected chi connectivity index (χ1v) is 8.05. The van der Waals surface area contributed by atoms with Crippen molar-refractivity contribution in [3.63, 3.8) is 0 Å². The Morgan fingerprint density at radius 1 is 1.26 bits per heavy atom. The number of carbonyl (C=O) groups is 2. The van der Waals surface area contributed by atoms with Crippen LogP contribution in [0.4, 0.5) is 18.9 Å². The number of likely N-dealkylation sites (N-methyl/N-ethyl adjacent to an activating group) is 1. The van der Waals surface area contributed by atoms with E-state index in [1.54, 1.807) is 24.4 Å². The molecule has 1 aromatic carbocycles. The van der Waals surface area contributed by atoms with Crippen molar-refractivity contribution in [1.29, 1.82) is 0 Å². The molecule has 0 spiro atoms. The monoisotopic (exact) mass is 397 g/mol. The van der Waals surface area contributed by atoms with Crippen LogP contribution in [0.5, 0.6) is 0 Å². The summed E-state index contributed by atoms with van der Waals surface area (Å²) in [6.45, 7) is -0.338. The van der Waals surface area contributed by atoms with Gasteiger partial charge >= 0.3 is 6.18 Å². The van der Waals surface area contributed by atoms with Crippen molar-refractivity contribution >= 4 is 35.2 Å². The van der Waals surface area contributed by atoms with Crippen LogP contribution in [0, 0.1) is 0 Å². The number of amides is 2. The second-order valence-corrected chi connectivity index (χ2v) is 5.93. The molecule has 0 atom stereocenters. The summed E-state index contributed by atoms with van der Waals surface area (Å²) in [6, 6.07) is 8.23. The predicted octanol–water partition coefficient (Wildman–Crippen LogP) is 3.86. The standard InChI is InChI=1S/C18H15ClF3N3O2/c1-25(17(27)8-6-12-4-2-3-9-23-12)11-16(26)24-13-5-7-15(19)14(10-13)18(20,21)22/h2-10H,11H2,1H3,(H,24,26)/b8-6+. The van der Waals surface area contributed by atoms with Crippen LogP contribution in [0.15, 0.2) is 48.7 Å². The number of pyridine rings is 1. The van der Waals surface area contributed by atoms with Gasteiger partial charge in [-0.15, -0.1) is 0 Å². The number of carbonyl (C=O) groups excluding carboxylic acids is 2. The lowest BCUT2D eigenvalue weighted by Crippen LogP contribution is -2.33. The van der Waals surface area contributed by atoms with Crippen LogP contribution in [0.2, 0.25) is 5.02 Å². The molecule has 0 bridgehead atoms. The molecule has 1 heterocycles. The highest BCUT2D eigenvalue weighted by Crippen LogP contribution is 2.36. The van der Waals surface area contributed by atoms with E-state index in [-0.39, 0.29) is 12.2 Å². The number of anilines is 1. The molecule has 0 radical (unpaired) electrons. The largest absolute Gasteiger partial charge is 0.417 e. The predicted molar refractivity (Wildman–Crippen MR) is 96.0 cm³/mol. The maximum absolute atomic E-state index is 12.8. The maximum atomic E-state index is 12.8. The SMILES string of the molecule is CN(CC(=O)Nc1ccc(Cl)c(C(F)(F)F)c1)C(=O)/C=C/c1ccccn1. The number of aromatic nitrogens is 1. The number of nitrogens with zero attached hydrogens (tertiary/aromatic N) is 2. The molecule has 0 unspecified atom stereocenters. The Morgan fingerprint density at radius 3 is 2.63 bits per heavy atom. The van der Waals surface area contributed by atoms with Gasteiger partial charge in [0, 0.05) is 25.0 Å². The van der Waals surface area contributed by atoms with Gasteiger partial charge in [-0.3, -0.25) is 14.6 Å². The van der Waals surface area contributed by atoms with E-state index in [0.717, 1.165) is 17.0 Å². The summed E-state index contributed by atoms with van der Waals surface area (Å²) >= 11 is 5.53. The van der Waals surface area contributed by atoms with Crippen molar-refractivity contribution < 1.29 is 22.8 Å². The summed E-state index contributed by atoms with van der Waals surface area (Å²) in [6.07, 6.45) is -0.325. The highest BCUT2D eigenvalue weighted by Gasteiger charge is 2.33. The van der Waals surface area contributed by atoms with Gasteiger partial charge in [-0.2, -0.15) is 13.2 Å². The molecule has 0 saturated carbocycles. The molecule has 2 amide bonds. The third-order valence-corrected chi connectivity index (χ3v) is 3.73. The molecule has 1 N–H and O–H groups in total. The van der Waals surface area contributed by atoms with E-state index in [2.05, 4.69) is 10.3 Å². The van der Waals surface area contributed by atoms with Crippen LogP contribution in [-0.2, 0) is 15.8 Å². The lowest BCUT2D eigenvalue weighted by molar-refractivity contribution is -0.137. The van der Waals surface area contributed by atoms with Crippen molar-refractivity contribution in [3.8, 4) is 0 Å². The number of rotatable bonds is 5. The zero-order valence-electron chi connectivity index (χ0n) is 14.1. The van der Waals surface area contributed by atoms with Crippen LogP contribution in [0.25, 0.3) is 6.08 Å². The first-order valence-electron chi connectivity index (χ1n) is 7.67. The molecule has 2 rings (SSSR count). The fraction of sp³-hybridized carbons (Fsp3) is 0.167. The van der Waals surface area contributed by atoms with Crippen molar-refractivity contribution in [2.24, 2.45) is 0 Å². The van der Waals surface area contributed by atoms with E-state index in [1.165, 1.54) is 25.3 Å². The van der Waals surface area contributed by atoms with Gasteiger partial charge in [0.2, 0.25) is 11.8 Å². The van der Waals surface area contributed by atoms with Crippen molar-refractivity contribution in [2.45, 2.75) is 6.18 Å². The van der Waals surface area contributed by atoms with E-state index in [1.807, 2.05) is 0 Å². The summed E-state index contributed by atoms with van der Waals surface area (Å²) in [5, 5.41) is 1.85. The molecule has 2 aromatic rings. The third kappa shape index (κ3) is 6.10. The minimum absolute atomic E-state index is 0.0680. The summed E-state index contributed by atoms with van der Waals surface area (Å²) < 4.78 is 38.5. The van der Waals surface area contributed by atoms with Crippen LogP contribution in [0.3, 0.4) is 0 Å². The zero-order valence-corrected chi connectivity index (χ0v) is 14.9. The molecule has 0 aliphatic heterocycles. The van der Waals surface area contributed by atoms with Gasteiger partial charge in [0.05, 0.1) is 22.8 Å². The van der Waals surface area contributed by atoms with Gasteiger partial charge in [-0.25, -0.2) is 0 Å². The van der Waals surface area contributed by atoms with Crippen LogP contribution in [-0.4, -0.2) is 35.3 Å². The first-order chi connectivity index (χ1) is 12.7. The van der Waals surface area contributed by atoms with Crippen molar-refractivity contribution in [2.75, 3.05) is 18.9 Å². The minimum Gasteiger partial charge on any atom is -0.333 e. The second-order valence-electron chi connectivity index (χ2n) is 5.52. The summed E-state index contributed by atoms with van der Waals surface area (Å²) in [4.78, 5) is 29.1. The average Bonchev–Trinajstić information content (AvgIpc) is 2.61. The first kappa shape index (κ1) is 20.4. The Balaban J connectivity index is 1.97. The maximum Gasteiger partial charge on any atom is 0.417 e. The highest BCUT2D eigenvalue weighted by atomic mass is 35.5. The zero-order chi connectivity index (χ0) is 20.0.